The van der Waals surface area contributed by atoms with E-state index >= 15 is 0 Å². The van der Waals surface area contributed by atoms with Crippen molar-refractivity contribution in [3.8, 4) is 11.5 Å². The van der Waals surface area contributed by atoms with Gasteiger partial charge < -0.3 is 20.5 Å². The molecule has 0 saturated heterocycles. The molecule has 0 aliphatic carbocycles. The minimum Gasteiger partial charge on any atom is -0.508 e. The lowest BCUT2D eigenvalue weighted by Crippen LogP contribution is -2.28. The summed E-state index contributed by atoms with van der Waals surface area (Å²) in [6.07, 6.45) is 2.70. The molecule has 0 aromatic heterocycles. The summed E-state index contributed by atoms with van der Waals surface area (Å²) >= 11 is 0. The SMILES string of the molecule is CCC(CF)Oc1cc(O)cc(C(=O)NC(=N)/C=C\NC)c1. The topological polar surface area (TPSA) is 94.4 Å². The van der Waals surface area contributed by atoms with Gasteiger partial charge in [-0.25, -0.2) is 4.39 Å². The Morgan fingerprint density at radius 1 is 1.50 bits per heavy atom. The molecule has 6 nitrogen and oxygen atoms in total. The van der Waals surface area contributed by atoms with Crippen molar-refractivity contribution in [2.24, 2.45) is 0 Å². The smallest absolute Gasteiger partial charge is 0.257 e. The predicted octanol–water partition coefficient (Wildman–Crippen LogP) is 1.96. The Morgan fingerprint density at radius 3 is 2.82 bits per heavy atom. The summed E-state index contributed by atoms with van der Waals surface area (Å²) in [6, 6.07) is 3.94. The number of phenolic OH excluding ortho intramolecular Hbond substituents is 1. The van der Waals surface area contributed by atoms with Crippen molar-refractivity contribution in [3.05, 3.63) is 36.0 Å². The van der Waals surface area contributed by atoms with Crippen molar-refractivity contribution < 1.29 is 19.0 Å². The number of phenols is 1. The van der Waals surface area contributed by atoms with Crippen molar-refractivity contribution in [1.29, 1.82) is 5.41 Å². The molecule has 7 heteroatoms. The maximum Gasteiger partial charge on any atom is 0.257 e. The number of amides is 1. The largest absolute Gasteiger partial charge is 0.508 e. The number of carbonyl (C=O) groups excluding carboxylic acids is 1. The second kappa shape index (κ2) is 8.66. The molecule has 0 radical (unpaired) electrons. The summed E-state index contributed by atoms with van der Waals surface area (Å²) in [4.78, 5) is 12.0. The second-order valence-electron chi connectivity index (χ2n) is 4.51. The summed E-state index contributed by atoms with van der Waals surface area (Å²) in [5, 5.41) is 22.2. The maximum absolute atomic E-state index is 12.7. The molecule has 0 aliphatic heterocycles. The highest BCUT2D eigenvalue weighted by Gasteiger charge is 2.13. The van der Waals surface area contributed by atoms with E-state index in [1.807, 2.05) is 0 Å². The molecule has 1 aromatic carbocycles. The van der Waals surface area contributed by atoms with E-state index in [1.165, 1.54) is 30.5 Å². The quantitative estimate of drug-likeness (QED) is 0.457. The Morgan fingerprint density at radius 2 is 2.23 bits per heavy atom. The van der Waals surface area contributed by atoms with Gasteiger partial charge in [0.05, 0.1) is 0 Å². The highest BCUT2D eigenvalue weighted by molar-refractivity contribution is 6.09. The zero-order valence-electron chi connectivity index (χ0n) is 12.5. The van der Waals surface area contributed by atoms with E-state index in [-0.39, 0.29) is 22.9 Å². The minimum atomic E-state index is -0.660. The third-order valence-electron chi connectivity index (χ3n) is 2.75. The highest BCUT2D eigenvalue weighted by atomic mass is 19.1. The zero-order valence-corrected chi connectivity index (χ0v) is 12.5. The monoisotopic (exact) mass is 309 g/mol. The van der Waals surface area contributed by atoms with E-state index in [4.69, 9.17) is 10.1 Å². The van der Waals surface area contributed by atoms with Crippen molar-refractivity contribution in [2.45, 2.75) is 19.4 Å². The van der Waals surface area contributed by atoms with Crippen LogP contribution in [0, 0.1) is 5.41 Å². The molecule has 0 fully saturated rings. The fraction of sp³-hybridized carbons (Fsp3) is 0.333. The Bertz CT molecular complexity index is 557. The summed E-state index contributed by atoms with van der Waals surface area (Å²) in [7, 11) is 1.67. The molecule has 1 aromatic rings. The van der Waals surface area contributed by atoms with Gasteiger partial charge in [-0.3, -0.25) is 10.2 Å². The van der Waals surface area contributed by atoms with Crippen LogP contribution in [0.15, 0.2) is 30.5 Å². The summed E-state index contributed by atoms with van der Waals surface area (Å²) < 4.78 is 18.0. The van der Waals surface area contributed by atoms with E-state index in [0.717, 1.165) is 0 Å². The summed E-state index contributed by atoms with van der Waals surface area (Å²) in [5.74, 6) is -0.652. The molecule has 0 bridgehead atoms. The third-order valence-corrected chi connectivity index (χ3v) is 2.75. The van der Waals surface area contributed by atoms with Crippen LogP contribution in [-0.4, -0.2) is 36.7 Å². The molecule has 0 spiro atoms. The average Bonchev–Trinajstić information content (AvgIpc) is 2.49. The zero-order chi connectivity index (χ0) is 16.5. The number of rotatable bonds is 7. The molecule has 0 aliphatic rings. The van der Waals surface area contributed by atoms with Crippen LogP contribution in [0.1, 0.15) is 23.7 Å². The Hall–Kier alpha value is -2.57. The Labute approximate surface area is 128 Å². The lowest BCUT2D eigenvalue weighted by Gasteiger charge is -2.15. The predicted molar refractivity (Wildman–Crippen MR) is 82.2 cm³/mol. The molecule has 0 saturated carbocycles. The molecule has 1 rings (SSSR count). The van der Waals surface area contributed by atoms with Crippen molar-refractivity contribution in [3.63, 3.8) is 0 Å². The van der Waals surface area contributed by atoms with Crippen LogP contribution in [0.2, 0.25) is 0 Å². The second-order valence-corrected chi connectivity index (χ2v) is 4.51. The van der Waals surface area contributed by atoms with Crippen LogP contribution in [0.25, 0.3) is 0 Å². The molecule has 120 valence electrons. The number of carbonyl (C=O) groups is 1. The van der Waals surface area contributed by atoms with E-state index in [1.54, 1.807) is 14.0 Å². The molecule has 22 heavy (non-hydrogen) atoms. The van der Waals surface area contributed by atoms with Crippen LogP contribution in [0.3, 0.4) is 0 Å². The molecule has 1 amide bonds. The van der Waals surface area contributed by atoms with E-state index < -0.39 is 18.7 Å². The highest BCUT2D eigenvalue weighted by Crippen LogP contribution is 2.23. The number of ether oxygens (including phenoxy) is 1. The number of halogens is 1. The van der Waals surface area contributed by atoms with Gasteiger partial charge in [-0.05, 0) is 30.8 Å². The Kier molecular flexibility index (Phi) is 6.88. The van der Waals surface area contributed by atoms with E-state index in [2.05, 4.69) is 10.6 Å². The number of alkyl halides is 1. The normalized spacial score (nSPS) is 12.0. The van der Waals surface area contributed by atoms with Crippen LogP contribution in [0.4, 0.5) is 4.39 Å². The van der Waals surface area contributed by atoms with Crippen LogP contribution >= 0.6 is 0 Å². The van der Waals surface area contributed by atoms with E-state index in [9.17, 15) is 14.3 Å². The van der Waals surface area contributed by atoms with Gasteiger partial charge in [0, 0.05) is 18.7 Å². The molecule has 1 unspecified atom stereocenters. The first-order valence-corrected chi connectivity index (χ1v) is 6.80. The van der Waals surface area contributed by atoms with Crippen LogP contribution in [0.5, 0.6) is 11.5 Å². The summed E-state index contributed by atoms with van der Waals surface area (Å²) in [5.41, 5.74) is 0.117. The van der Waals surface area contributed by atoms with Crippen molar-refractivity contribution in [2.75, 3.05) is 13.7 Å². The van der Waals surface area contributed by atoms with Crippen molar-refractivity contribution in [1.82, 2.24) is 10.6 Å². The molecular formula is C15H20FN3O3. The maximum atomic E-state index is 12.7. The van der Waals surface area contributed by atoms with Gasteiger partial charge in [0.25, 0.3) is 5.91 Å². The van der Waals surface area contributed by atoms with Crippen LogP contribution < -0.4 is 15.4 Å². The Balaban J connectivity index is 2.86. The summed E-state index contributed by atoms with van der Waals surface area (Å²) in [6.45, 7) is 1.11. The van der Waals surface area contributed by atoms with Gasteiger partial charge in [0.1, 0.15) is 30.1 Å². The van der Waals surface area contributed by atoms with Crippen molar-refractivity contribution >= 4 is 11.7 Å². The fourth-order valence-electron chi connectivity index (χ4n) is 1.60. The number of hydrogen-bond acceptors (Lipinski definition) is 5. The van der Waals surface area contributed by atoms with Gasteiger partial charge in [-0.1, -0.05) is 6.92 Å². The number of hydrogen-bond donors (Lipinski definition) is 4. The van der Waals surface area contributed by atoms with Gasteiger partial charge in [-0.2, -0.15) is 0 Å². The molecule has 0 heterocycles. The third kappa shape index (κ3) is 5.43. The molecular weight excluding hydrogens is 289 g/mol. The number of amidine groups is 1. The molecule has 1 atom stereocenters. The number of aromatic hydroxyl groups is 1. The standard InChI is InChI=1S/C15H20FN3O3/c1-3-12(9-16)22-13-7-10(6-11(20)8-13)15(21)19-14(17)4-5-18-2/h4-8,12,18,20H,3,9H2,1-2H3,(H2,17,19,21)/b5-4-. The van der Waals surface area contributed by atoms with E-state index in [0.29, 0.717) is 6.42 Å². The first-order valence-electron chi connectivity index (χ1n) is 6.80. The lowest BCUT2D eigenvalue weighted by atomic mass is 10.2. The minimum absolute atomic E-state index is 0.111. The van der Waals surface area contributed by atoms with Crippen LogP contribution in [-0.2, 0) is 0 Å². The fourth-order valence-corrected chi connectivity index (χ4v) is 1.60. The van der Waals surface area contributed by atoms with Gasteiger partial charge >= 0.3 is 0 Å². The van der Waals surface area contributed by atoms with Gasteiger partial charge in [0.2, 0.25) is 0 Å². The van der Waals surface area contributed by atoms with Gasteiger partial charge in [-0.15, -0.1) is 0 Å². The van der Waals surface area contributed by atoms with Gasteiger partial charge in [0.15, 0.2) is 0 Å². The molecule has 4 N–H and O–H groups in total. The first kappa shape index (κ1) is 17.5. The number of benzene rings is 1. The first-order chi connectivity index (χ1) is 10.5. The average molecular weight is 309 g/mol. The number of nitrogens with one attached hydrogen (secondary N) is 3. The lowest BCUT2D eigenvalue weighted by molar-refractivity contribution is 0.0975.